The van der Waals surface area contributed by atoms with Gasteiger partial charge in [-0.2, -0.15) is 0 Å². The van der Waals surface area contributed by atoms with Gasteiger partial charge in [-0.05, 0) is 49.7 Å². The van der Waals surface area contributed by atoms with E-state index < -0.39 is 21.4 Å². The van der Waals surface area contributed by atoms with Crippen molar-refractivity contribution < 1.29 is 22.6 Å². The van der Waals surface area contributed by atoms with Crippen molar-refractivity contribution in [2.24, 2.45) is 0 Å². The van der Waals surface area contributed by atoms with Crippen LogP contribution in [0.1, 0.15) is 24.3 Å². The third kappa shape index (κ3) is 5.42. The van der Waals surface area contributed by atoms with E-state index in [9.17, 15) is 8.42 Å². The Balaban J connectivity index is 1.84. The number of ether oxygens (including phenoxy) is 3. The summed E-state index contributed by atoms with van der Waals surface area (Å²) in [6.07, 6.45) is 3.86. The highest BCUT2D eigenvalue weighted by molar-refractivity contribution is 7.93. The second kappa shape index (κ2) is 11.3. The van der Waals surface area contributed by atoms with Gasteiger partial charge in [0.25, 0.3) is 0 Å². The summed E-state index contributed by atoms with van der Waals surface area (Å²) in [4.78, 5) is 8.48. The van der Waals surface area contributed by atoms with Gasteiger partial charge in [-0.15, -0.1) is 10.2 Å². The number of anilines is 1. The Kier molecular flexibility index (Phi) is 8.14. The van der Waals surface area contributed by atoms with Crippen LogP contribution in [0.15, 0.2) is 55.0 Å². The highest BCUT2D eigenvalue weighted by Gasteiger charge is 2.34. The van der Waals surface area contributed by atoms with Gasteiger partial charge < -0.3 is 14.2 Å². The lowest BCUT2D eigenvalue weighted by Gasteiger charge is -2.23. The molecule has 38 heavy (non-hydrogen) atoms. The van der Waals surface area contributed by atoms with Gasteiger partial charge in [-0.1, -0.05) is 17.7 Å². The molecule has 3 heterocycles. The second-order valence-corrected chi connectivity index (χ2v) is 10.8. The Morgan fingerprint density at radius 2 is 1.71 bits per heavy atom. The average molecular weight is 559 g/mol. The number of para-hydroxylation sites is 1. The lowest BCUT2D eigenvalue weighted by atomic mass is 10.2. The molecule has 4 rings (SSSR count). The zero-order chi connectivity index (χ0) is 27.4. The van der Waals surface area contributed by atoms with Gasteiger partial charge in [0.1, 0.15) is 28.5 Å². The summed E-state index contributed by atoms with van der Waals surface area (Å²) >= 11 is 5.95. The van der Waals surface area contributed by atoms with Crippen LogP contribution in [0.25, 0.3) is 17.1 Å². The molecular formula is C25H27ClN6O5S. The zero-order valence-electron chi connectivity index (χ0n) is 21.4. The molecule has 0 amide bonds. The first-order valence-corrected chi connectivity index (χ1v) is 13.4. The molecule has 0 bridgehead atoms. The Morgan fingerprint density at radius 3 is 2.29 bits per heavy atom. The van der Waals surface area contributed by atoms with Crippen LogP contribution in [0.5, 0.6) is 11.5 Å². The molecule has 0 unspecified atom stereocenters. The quantitative estimate of drug-likeness (QED) is 0.304. The topological polar surface area (TPSA) is 130 Å². The number of pyridine rings is 2. The summed E-state index contributed by atoms with van der Waals surface area (Å²) in [5, 5.41) is 7.86. The van der Waals surface area contributed by atoms with Crippen LogP contribution in [0.4, 0.5) is 5.95 Å². The molecule has 2 atom stereocenters. The maximum absolute atomic E-state index is 13.6. The van der Waals surface area contributed by atoms with E-state index in [2.05, 4.69) is 24.9 Å². The molecule has 0 aliphatic carbocycles. The minimum atomic E-state index is -4.10. The highest BCUT2D eigenvalue weighted by atomic mass is 35.5. The largest absolute Gasteiger partial charge is 0.494 e. The summed E-state index contributed by atoms with van der Waals surface area (Å²) in [6, 6.07) is 10.3. The number of aryl methyl sites for hydroxylation is 1. The Bertz CT molecular complexity index is 1510. The van der Waals surface area contributed by atoms with Crippen LogP contribution < -0.4 is 14.2 Å². The summed E-state index contributed by atoms with van der Waals surface area (Å²) in [5.74, 6) is 1.09. The molecule has 1 aromatic carbocycles. The molecule has 0 radical (unpaired) electrons. The molecule has 4 aromatic rings. The maximum Gasteiger partial charge on any atom is 0.243 e. The van der Waals surface area contributed by atoms with Crippen molar-refractivity contribution in [3.8, 4) is 28.6 Å². The summed E-state index contributed by atoms with van der Waals surface area (Å²) in [5.41, 5.74) is 2.32. The van der Waals surface area contributed by atoms with E-state index in [1.807, 2.05) is 13.0 Å². The third-order valence-electron chi connectivity index (χ3n) is 5.87. The lowest BCUT2D eigenvalue weighted by Crippen LogP contribution is -2.33. The minimum Gasteiger partial charge on any atom is -0.494 e. The number of rotatable bonds is 10. The molecule has 13 heteroatoms. The van der Waals surface area contributed by atoms with Crippen molar-refractivity contribution in [3.05, 3.63) is 71.3 Å². The van der Waals surface area contributed by atoms with Gasteiger partial charge in [-0.3, -0.25) is 19.3 Å². The monoisotopic (exact) mass is 558 g/mol. The van der Waals surface area contributed by atoms with E-state index >= 15 is 0 Å². The van der Waals surface area contributed by atoms with Crippen molar-refractivity contribution in [3.63, 3.8) is 0 Å². The molecule has 0 fully saturated rings. The predicted octanol–water partition coefficient (Wildman–Crippen LogP) is 4.22. The Labute approximate surface area is 225 Å². The van der Waals surface area contributed by atoms with E-state index in [0.717, 1.165) is 5.56 Å². The van der Waals surface area contributed by atoms with Crippen molar-refractivity contribution in [2.45, 2.75) is 25.2 Å². The number of aromatic nitrogens is 5. The van der Waals surface area contributed by atoms with Gasteiger partial charge >= 0.3 is 0 Å². The zero-order valence-corrected chi connectivity index (χ0v) is 23.0. The molecule has 3 aromatic heterocycles. The molecule has 0 saturated heterocycles. The van der Waals surface area contributed by atoms with E-state index in [1.54, 1.807) is 42.7 Å². The number of methoxy groups -OCH3 is 3. The van der Waals surface area contributed by atoms with E-state index in [4.69, 9.17) is 25.8 Å². The van der Waals surface area contributed by atoms with Gasteiger partial charge in [0.2, 0.25) is 16.0 Å². The third-order valence-corrected chi connectivity index (χ3v) is 7.78. The molecule has 200 valence electrons. The first-order chi connectivity index (χ1) is 18.2. The van der Waals surface area contributed by atoms with Crippen LogP contribution in [-0.2, 0) is 14.8 Å². The first-order valence-electron chi connectivity index (χ1n) is 11.4. The fourth-order valence-electron chi connectivity index (χ4n) is 3.97. The van der Waals surface area contributed by atoms with Crippen LogP contribution in [0.3, 0.4) is 0 Å². The predicted molar refractivity (Wildman–Crippen MR) is 143 cm³/mol. The molecule has 0 saturated carbocycles. The van der Waals surface area contributed by atoms with Gasteiger partial charge in [0.15, 0.2) is 5.82 Å². The fourth-order valence-corrected chi connectivity index (χ4v) is 5.23. The second-order valence-electron chi connectivity index (χ2n) is 8.35. The van der Waals surface area contributed by atoms with Crippen LogP contribution in [-0.4, -0.2) is 59.7 Å². The fraction of sp³-hybridized carbons (Fsp3) is 0.280. The Morgan fingerprint density at radius 1 is 1.00 bits per heavy atom. The molecule has 11 nitrogen and oxygen atoms in total. The van der Waals surface area contributed by atoms with E-state index in [1.165, 1.54) is 39.0 Å². The number of halogens is 1. The SMILES string of the molecule is COc1cccc(OC)c1-n1c(NS(=O)(=O)[C@H](C)[C@@H](OC)c2ccc(Cl)cn2)nnc1-c1cncc(C)c1. The number of sulfonamides is 1. The smallest absolute Gasteiger partial charge is 0.243 e. The van der Waals surface area contributed by atoms with Crippen molar-refractivity contribution in [2.75, 3.05) is 26.1 Å². The van der Waals surface area contributed by atoms with Gasteiger partial charge in [-0.25, -0.2) is 8.42 Å². The first kappa shape index (κ1) is 27.3. The van der Waals surface area contributed by atoms with Crippen molar-refractivity contribution >= 4 is 27.6 Å². The summed E-state index contributed by atoms with van der Waals surface area (Å²) < 4.78 is 48.1. The molecule has 0 aliphatic heterocycles. The number of benzene rings is 1. The van der Waals surface area contributed by atoms with E-state index in [-0.39, 0.29) is 5.95 Å². The van der Waals surface area contributed by atoms with Crippen molar-refractivity contribution in [1.29, 1.82) is 0 Å². The molecule has 0 spiro atoms. The molecular weight excluding hydrogens is 532 g/mol. The van der Waals surface area contributed by atoms with Gasteiger partial charge in [0, 0.05) is 31.3 Å². The van der Waals surface area contributed by atoms with Crippen LogP contribution in [0, 0.1) is 6.92 Å². The van der Waals surface area contributed by atoms with Crippen molar-refractivity contribution in [1.82, 2.24) is 24.7 Å². The van der Waals surface area contributed by atoms with Gasteiger partial charge in [0.05, 0.1) is 24.9 Å². The van der Waals surface area contributed by atoms with Crippen LogP contribution in [0.2, 0.25) is 5.02 Å². The molecule has 0 aliphatic rings. The highest BCUT2D eigenvalue weighted by Crippen LogP contribution is 2.38. The number of nitrogens with one attached hydrogen (secondary N) is 1. The summed E-state index contributed by atoms with van der Waals surface area (Å²) in [6.45, 7) is 3.41. The standard InChI is InChI=1S/C25H27ClN6O5S/c1-15-11-17(13-27-12-15)24-29-30-25(32(24)22-20(35-3)7-6-8-21(22)36-4)31-38(33,34)16(2)23(37-5)19-10-9-18(26)14-28-19/h6-14,16,23H,1-5H3,(H,30,31)/t16-,23-/m1/s1. The summed E-state index contributed by atoms with van der Waals surface area (Å²) in [7, 11) is 0.326. The average Bonchev–Trinajstić information content (AvgIpc) is 3.31. The number of hydrogen-bond acceptors (Lipinski definition) is 9. The maximum atomic E-state index is 13.6. The Hall–Kier alpha value is -3.74. The number of hydrogen-bond donors (Lipinski definition) is 1. The van der Waals surface area contributed by atoms with Crippen LogP contribution >= 0.6 is 11.6 Å². The number of nitrogens with zero attached hydrogens (tertiary/aromatic N) is 5. The van der Waals surface area contributed by atoms with E-state index in [0.29, 0.717) is 39.3 Å². The normalized spacial score (nSPS) is 13.1. The lowest BCUT2D eigenvalue weighted by molar-refractivity contribution is 0.0989. The molecule has 1 N–H and O–H groups in total. The minimum absolute atomic E-state index is 0.0740.